The lowest BCUT2D eigenvalue weighted by Gasteiger charge is -2.20. The van der Waals surface area contributed by atoms with Gasteiger partial charge >= 0.3 is 0 Å². The van der Waals surface area contributed by atoms with Gasteiger partial charge in [0.1, 0.15) is 0 Å². The highest BCUT2D eigenvalue weighted by Crippen LogP contribution is 2.27. The lowest BCUT2D eigenvalue weighted by Crippen LogP contribution is -2.11. The Bertz CT molecular complexity index is 575. The van der Waals surface area contributed by atoms with Crippen LogP contribution in [0.5, 0.6) is 0 Å². The standard InChI is InChI=1S/C18H21N/c1-13-7-6-8-16(17(13)19-5)14-9-11-15(12-10-14)18(2,3)4/h6-12H,1H2,2-5H3. The molecule has 0 saturated heterocycles. The molecule has 1 aromatic rings. The average Bonchev–Trinajstić information content (AvgIpc) is 2.37. The lowest BCUT2D eigenvalue weighted by molar-refractivity contribution is 0.590. The third-order valence-electron chi connectivity index (χ3n) is 3.41. The van der Waals surface area contributed by atoms with Gasteiger partial charge < -0.3 is 0 Å². The predicted octanol–water partition coefficient (Wildman–Crippen LogP) is 4.56. The van der Waals surface area contributed by atoms with Crippen LogP contribution in [0.25, 0.3) is 5.57 Å². The van der Waals surface area contributed by atoms with Crippen molar-refractivity contribution in [3.8, 4) is 0 Å². The summed E-state index contributed by atoms with van der Waals surface area (Å²) in [5.41, 5.74) is 5.82. The van der Waals surface area contributed by atoms with Crippen LogP contribution in [-0.2, 0) is 5.41 Å². The van der Waals surface area contributed by atoms with E-state index in [4.69, 9.17) is 0 Å². The van der Waals surface area contributed by atoms with E-state index in [1.165, 1.54) is 11.1 Å². The molecule has 1 nitrogen and oxygen atoms in total. The maximum atomic E-state index is 4.36. The summed E-state index contributed by atoms with van der Waals surface area (Å²) in [6.45, 7) is 10.7. The van der Waals surface area contributed by atoms with Gasteiger partial charge in [0.15, 0.2) is 0 Å². The van der Waals surface area contributed by atoms with Crippen molar-refractivity contribution in [3.05, 3.63) is 65.8 Å². The smallest absolute Gasteiger partial charge is 0.0715 e. The molecule has 0 fully saturated rings. The molecule has 19 heavy (non-hydrogen) atoms. The Labute approximate surface area is 116 Å². The molecule has 1 aliphatic rings. The molecular formula is C18H21N. The fraction of sp³-hybridized carbons (Fsp3) is 0.278. The third kappa shape index (κ3) is 2.76. The van der Waals surface area contributed by atoms with Gasteiger partial charge in [-0.1, -0.05) is 69.8 Å². The molecule has 0 N–H and O–H groups in total. The minimum atomic E-state index is 0.185. The highest BCUT2D eigenvalue weighted by Gasteiger charge is 2.16. The van der Waals surface area contributed by atoms with Crippen molar-refractivity contribution >= 4 is 11.3 Å². The van der Waals surface area contributed by atoms with Crippen LogP contribution >= 0.6 is 0 Å². The Balaban J connectivity index is 2.40. The molecule has 2 rings (SSSR count). The monoisotopic (exact) mass is 251 g/mol. The number of rotatable bonds is 1. The molecule has 0 heterocycles. The molecule has 1 aliphatic carbocycles. The number of benzene rings is 1. The Morgan fingerprint density at radius 1 is 1.05 bits per heavy atom. The fourth-order valence-corrected chi connectivity index (χ4v) is 2.24. The molecule has 0 bridgehead atoms. The minimum absolute atomic E-state index is 0.185. The van der Waals surface area contributed by atoms with E-state index in [-0.39, 0.29) is 5.41 Å². The first kappa shape index (κ1) is 13.5. The summed E-state index contributed by atoms with van der Waals surface area (Å²) in [7, 11) is 1.82. The second-order valence-electron chi connectivity index (χ2n) is 5.86. The van der Waals surface area contributed by atoms with E-state index in [1.54, 1.807) is 0 Å². The zero-order valence-corrected chi connectivity index (χ0v) is 12.2. The summed E-state index contributed by atoms with van der Waals surface area (Å²) >= 11 is 0. The number of hydrogen-bond acceptors (Lipinski definition) is 1. The van der Waals surface area contributed by atoms with Crippen LogP contribution in [0.1, 0.15) is 31.9 Å². The Morgan fingerprint density at radius 2 is 1.68 bits per heavy atom. The molecule has 0 aromatic heterocycles. The molecule has 0 saturated carbocycles. The summed E-state index contributed by atoms with van der Waals surface area (Å²) < 4.78 is 0. The summed E-state index contributed by atoms with van der Waals surface area (Å²) in [6, 6.07) is 8.74. The topological polar surface area (TPSA) is 12.4 Å². The SMILES string of the molecule is C=C1C=CC=C(c2ccc(C(C)(C)C)cc2)C1=NC. The zero-order valence-electron chi connectivity index (χ0n) is 12.2. The zero-order chi connectivity index (χ0) is 14.0. The van der Waals surface area contributed by atoms with Gasteiger partial charge in [0, 0.05) is 12.6 Å². The first-order valence-corrected chi connectivity index (χ1v) is 6.59. The molecule has 0 spiro atoms. The van der Waals surface area contributed by atoms with Crippen LogP contribution in [0.4, 0.5) is 0 Å². The molecule has 1 heteroatoms. The van der Waals surface area contributed by atoms with Gasteiger partial charge in [-0.25, -0.2) is 0 Å². The Kier molecular flexibility index (Phi) is 3.57. The van der Waals surface area contributed by atoms with E-state index in [2.05, 4.69) is 62.7 Å². The van der Waals surface area contributed by atoms with Gasteiger partial charge in [-0.3, -0.25) is 4.99 Å². The molecule has 98 valence electrons. The van der Waals surface area contributed by atoms with Crippen LogP contribution in [0.2, 0.25) is 0 Å². The second kappa shape index (κ2) is 5.00. The first-order chi connectivity index (χ1) is 8.93. The highest BCUT2D eigenvalue weighted by molar-refractivity contribution is 6.33. The first-order valence-electron chi connectivity index (χ1n) is 6.59. The van der Waals surface area contributed by atoms with Crippen molar-refractivity contribution in [3.63, 3.8) is 0 Å². The summed E-state index contributed by atoms with van der Waals surface area (Å²) in [5, 5.41) is 0. The molecule has 0 radical (unpaired) electrons. The summed E-state index contributed by atoms with van der Waals surface area (Å²) in [4.78, 5) is 4.36. The van der Waals surface area contributed by atoms with E-state index in [9.17, 15) is 0 Å². The number of allylic oxidation sites excluding steroid dienone is 5. The average molecular weight is 251 g/mol. The number of nitrogens with zero attached hydrogens (tertiary/aromatic N) is 1. The molecule has 0 atom stereocenters. The summed E-state index contributed by atoms with van der Waals surface area (Å²) in [5.74, 6) is 0. The van der Waals surface area contributed by atoms with Gasteiger partial charge in [0.25, 0.3) is 0 Å². The molecule has 0 unspecified atom stereocenters. The maximum Gasteiger partial charge on any atom is 0.0715 e. The van der Waals surface area contributed by atoms with Gasteiger partial charge in [0.05, 0.1) is 5.71 Å². The molecule has 0 amide bonds. The van der Waals surface area contributed by atoms with E-state index >= 15 is 0 Å². The lowest BCUT2D eigenvalue weighted by atomic mass is 9.85. The molecule has 1 aromatic carbocycles. The van der Waals surface area contributed by atoms with Gasteiger partial charge in [-0.15, -0.1) is 0 Å². The van der Waals surface area contributed by atoms with Crippen molar-refractivity contribution < 1.29 is 0 Å². The normalized spacial score (nSPS) is 17.8. The second-order valence-corrected chi connectivity index (χ2v) is 5.86. The van der Waals surface area contributed by atoms with Gasteiger partial charge in [-0.05, 0) is 22.1 Å². The van der Waals surface area contributed by atoms with Crippen molar-refractivity contribution in [2.75, 3.05) is 7.05 Å². The van der Waals surface area contributed by atoms with E-state index in [0.717, 1.165) is 16.9 Å². The number of aliphatic imine (C=N–C) groups is 1. The van der Waals surface area contributed by atoms with Crippen molar-refractivity contribution in [1.29, 1.82) is 0 Å². The van der Waals surface area contributed by atoms with E-state index in [1.807, 2.05) is 19.2 Å². The number of hydrogen-bond donors (Lipinski definition) is 0. The van der Waals surface area contributed by atoms with Crippen molar-refractivity contribution in [1.82, 2.24) is 0 Å². The minimum Gasteiger partial charge on any atom is -0.287 e. The maximum absolute atomic E-state index is 4.36. The predicted molar refractivity (Wildman–Crippen MR) is 84.8 cm³/mol. The largest absolute Gasteiger partial charge is 0.287 e. The van der Waals surface area contributed by atoms with Crippen LogP contribution < -0.4 is 0 Å². The van der Waals surface area contributed by atoms with E-state index < -0.39 is 0 Å². The van der Waals surface area contributed by atoms with E-state index in [0.29, 0.717) is 0 Å². The highest BCUT2D eigenvalue weighted by atomic mass is 14.7. The van der Waals surface area contributed by atoms with Crippen molar-refractivity contribution in [2.24, 2.45) is 4.99 Å². The van der Waals surface area contributed by atoms with Crippen LogP contribution in [0.15, 0.2) is 59.6 Å². The van der Waals surface area contributed by atoms with Gasteiger partial charge in [-0.2, -0.15) is 0 Å². The van der Waals surface area contributed by atoms with Crippen LogP contribution in [-0.4, -0.2) is 12.8 Å². The quantitative estimate of drug-likeness (QED) is 0.693. The molecule has 0 aliphatic heterocycles. The molecular weight excluding hydrogens is 230 g/mol. The van der Waals surface area contributed by atoms with Gasteiger partial charge in [0.2, 0.25) is 0 Å². The van der Waals surface area contributed by atoms with Crippen LogP contribution in [0, 0.1) is 0 Å². The third-order valence-corrected chi connectivity index (χ3v) is 3.41. The Morgan fingerprint density at radius 3 is 2.21 bits per heavy atom. The summed E-state index contributed by atoms with van der Waals surface area (Å²) in [6.07, 6.45) is 6.13. The van der Waals surface area contributed by atoms with Crippen molar-refractivity contribution in [2.45, 2.75) is 26.2 Å². The Hall–Kier alpha value is -1.89. The van der Waals surface area contributed by atoms with Crippen LogP contribution in [0.3, 0.4) is 0 Å². The fourth-order valence-electron chi connectivity index (χ4n) is 2.24.